The van der Waals surface area contributed by atoms with Crippen LogP contribution in [0.15, 0.2) is 52.3 Å². The van der Waals surface area contributed by atoms with Crippen LogP contribution in [0.3, 0.4) is 0 Å². The van der Waals surface area contributed by atoms with E-state index in [1.54, 1.807) is 52.8 Å². The molecule has 0 bridgehead atoms. The smallest absolute Gasteiger partial charge is 0.251 e. The van der Waals surface area contributed by atoms with Crippen molar-refractivity contribution in [1.29, 1.82) is 0 Å². The molecule has 1 amide bonds. The Labute approximate surface area is 191 Å². The van der Waals surface area contributed by atoms with Gasteiger partial charge >= 0.3 is 0 Å². The van der Waals surface area contributed by atoms with Gasteiger partial charge in [-0.05, 0) is 56.2 Å². The predicted molar refractivity (Wildman–Crippen MR) is 124 cm³/mol. The molecule has 0 fully saturated rings. The van der Waals surface area contributed by atoms with Gasteiger partial charge in [0, 0.05) is 31.2 Å². The first-order valence-electron chi connectivity index (χ1n) is 10.4. The SMILES string of the molecule is CCN(CC)S(=O)(=O)c1ccc(C)c(C(=O)NCc2cccc(S(=O)(=O)NC(C)C)c2)c1. The molecule has 0 heterocycles. The lowest BCUT2D eigenvalue weighted by Gasteiger charge is -2.19. The van der Waals surface area contributed by atoms with Crippen LogP contribution in [-0.4, -0.2) is 46.2 Å². The highest BCUT2D eigenvalue weighted by Gasteiger charge is 2.23. The Morgan fingerprint density at radius 2 is 1.62 bits per heavy atom. The summed E-state index contributed by atoms with van der Waals surface area (Å²) in [5, 5.41) is 2.75. The van der Waals surface area contributed by atoms with E-state index in [0.717, 1.165) is 0 Å². The molecule has 0 unspecified atom stereocenters. The fourth-order valence-corrected chi connectivity index (χ4v) is 6.00. The number of hydrogen-bond donors (Lipinski definition) is 2. The summed E-state index contributed by atoms with van der Waals surface area (Å²) in [6, 6.07) is 10.5. The molecule has 0 saturated heterocycles. The Morgan fingerprint density at radius 1 is 0.969 bits per heavy atom. The number of amides is 1. The van der Waals surface area contributed by atoms with E-state index in [1.807, 2.05) is 0 Å². The lowest BCUT2D eigenvalue weighted by molar-refractivity contribution is 0.0950. The molecule has 2 aromatic carbocycles. The molecule has 0 saturated carbocycles. The van der Waals surface area contributed by atoms with Crippen molar-refractivity contribution >= 4 is 26.0 Å². The number of hydrogen-bond acceptors (Lipinski definition) is 5. The van der Waals surface area contributed by atoms with Gasteiger partial charge in [0.25, 0.3) is 5.91 Å². The predicted octanol–water partition coefficient (Wildman–Crippen LogP) is 2.64. The van der Waals surface area contributed by atoms with Crippen LogP contribution in [0, 0.1) is 6.92 Å². The second kappa shape index (κ2) is 10.6. The molecule has 2 aromatic rings. The van der Waals surface area contributed by atoms with E-state index < -0.39 is 26.0 Å². The van der Waals surface area contributed by atoms with Crippen LogP contribution < -0.4 is 10.0 Å². The largest absolute Gasteiger partial charge is 0.348 e. The minimum absolute atomic E-state index is 0.0600. The van der Waals surface area contributed by atoms with Crippen LogP contribution in [0.1, 0.15) is 49.2 Å². The Balaban J connectivity index is 2.24. The van der Waals surface area contributed by atoms with Crippen LogP contribution in [0.2, 0.25) is 0 Å². The molecular weight excluding hydrogens is 450 g/mol. The van der Waals surface area contributed by atoms with Crippen molar-refractivity contribution in [2.75, 3.05) is 13.1 Å². The fourth-order valence-electron chi connectivity index (χ4n) is 3.20. The van der Waals surface area contributed by atoms with Gasteiger partial charge in [0.15, 0.2) is 0 Å². The molecule has 0 spiro atoms. The molecule has 0 atom stereocenters. The number of nitrogens with zero attached hydrogens (tertiary/aromatic N) is 1. The molecule has 32 heavy (non-hydrogen) atoms. The molecule has 2 N–H and O–H groups in total. The monoisotopic (exact) mass is 481 g/mol. The van der Waals surface area contributed by atoms with Gasteiger partial charge in [-0.2, -0.15) is 4.31 Å². The first-order chi connectivity index (χ1) is 14.9. The number of rotatable bonds is 10. The summed E-state index contributed by atoms with van der Waals surface area (Å²) in [6.45, 7) is 9.47. The zero-order chi connectivity index (χ0) is 24.1. The maximum absolute atomic E-state index is 12.8. The van der Waals surface area contributed by atoms with Crippen LogP contribution in [-0.2, 0) is 26.6 Å². The molecule has 176 valence electrons. The van der Waals surface area contributed by atoms with Crippen molar-refractivity contribution in [3.05, 3.63) is 59.2 Å². The van der Waals surface area contributed by atoms with Gasteiger partial charge in [0.1, 0.15) is 0 Å². The van der Waals surface area contributed by atoms with Crippen molar-refractivity contribution < 1.29 is 21.6 Å². The van der Waals surface area contributed by atoms with E-state index >= 15 is 0 Å². The van der Waals surface area contributed by atoms with Gasteiger partial charge in [0.05, 0.1) is 9.79 Å². The molecule has 2 rings (SSSR count). The molecule has 0 aliphatic carbocycles. The van der Waals surface area contributed by atoms with Crippen LogP contribution in [0.5, 0.6) is 0 Å². The van der Waals surface area contributed by atoms with Crippen LogP contribution >= 0.6 is 0 Å². The second-order valence-electron chi connectivity index (χ2n) is 7.67. The number of carbonyl (C=O) groups excluding carboxylic acids is 1. The number of aryl methyl sites for hydroxylation is 1. The third kappa shape index (κ3) is 6.16. The van der Waals surface area contributed by atoms with Gasteiger partial charge in [-0.25, -0.2) is 21.6 Å². The van der Waals surface area contributed by atoms with Crippen molar-refractivity contribution in [1.82, 2.24) is 14.3 Å². The summed E-state index contributed by atoms with van der Waals surface area (Å²) < 4.78 is 54.2. The lowest BCUT2D eigenvalue weighted by Crippen LogP contribution is -2.31. The summed E-state index contributed by atoms with van der Waals surface area (Å²) in [5.74, 6) is -0.437. The highest BCUT2D eigenvalue weighted by atomic mass is 32.2. The average molecular weight is 482 g/mol. The summed E-state index contributed by atoms with van der Waals surface area (Å²) in [7, 11) is -7.34. The summed E-state index contributed by atoms with van der Waals surface area (Å²) >= 11 is 0. The van der Waals surface area contributed by atoms with E-state index in [9.17, 15) is 21.6 Å². The molecular formula is C22H31N3O5S2. The zero-order valence-corrected chi connectivity index (χ0v) is 20.7. The third-order valence-electron chi connectivity index (χ3n) is 4.85. The molecule has 0 aromatic heterocycles. The number of nitrogens with one attached hydrogen (secondary N) is 2. The Hall–Kier alpha value is -2.27. The fraction of sp³-hybridized carbons (Fsp3) is 0.409. The van der Waals surface area contributed by atoms with Crippen LogP contribution in [0.25, 0.3) is 0 Å². The quantitative estimate of drug-likeness (QED) is 0.542. The Morgan fingerprint density at radius 3 is 2.22 bits per heavy atom. The van der Waals surface area contributed by atoms with Crippen molar-refractivity contribution in [2.45, 2.75) is 57.0 Å². The van der Waals surface area contributed by atoms with Gasteiger partial charge in [-0.3, -0.25) is 4.79 Å². The molecule has 10 heteroatoms. The van der Waals surface area contributed by atoms with E-state index in [4.69, 9.17) is 0 Å². The van der Waals surface area contributed by atoms with Crippen LogP contribution in [0.4, 0.5) is 0 Å². The van der Waals surface area contributed by atoms with E-state index in [0.29, 0.717) is 24.2 Å². The average Bonchev–Trinajstić information content (AvgIpc) is 2.72. The van der Waals surface area contributed by atoms with Gasteiger partial charge in [0.2, 0.25) is 20.0 Å². The highest BCUT2D eigenvalue weighted by Crippen LogP contribution is 2.20. The maximum atomic E-state index is 12.8. The van der Waals surface area contributed by atoms with Crippen molar-refractivity contribution in [2.24, 2.45) is 0 Å². The van der Waals surface area contributed by atoms with E-state index in [1.165, 1.54) is 28.6 Å². The Bertz CT molecular complexity index is 1170. The van der Waals surface area contributed by atoms with Gasteiger partial charge in [-0.1, -0.05) is 32.0 Å². The van der Waals surface area contributed by atoms with Crippen molar-refractivity contribution in [3.63, 3.8) is 0 Å². The van der Waals surface area contributed by atoms with E-state index in [2.05, 4.69) is 10.0 Å². The normalized spacial score (nSPS) is 12.3. The topological polar surface area (TPSA) is 113 Å². The van der Waals surface area contributed by atoms with Gasteiger partial charge in [-0.15, -0.1) is 0 Å². The lowest BCUT2D eigenvalue weighted by atomic mass is 10.1. The summed E-state index contributed by atoms with van der Waals surface area (Å²) in [4.78, 5) is 13.0. The standard InChI is InChI=1S/C22H31N3O5S2/c1-6-25(7-2)32(29,30)20-12-11-17(5)21(14-20)22(26)23-15-18-9-8-10-19(13-18)31(27,28)24-16(3)4/h8-14,16,24H,6-7,15H2,1-5H3,(H,23,26). The minimum Gasteiger partial charge on any atom is -0.348 e. The number of benzene rings is 2. The summed E-state index contributed by atoms with van der Waals surface area (Å²) in [5.41, 5.74) is 1.50. The molecule has 8 nitrogen and oxygen atoms in total. The second-order valence-corrected chi connectivity index (χ2v) is 11.3. The number of sulfonamides is 2. The van der Waals surface area contributed by atoms with Crippen molar-refractivity contribution in [3.8, 4) is 0 Å². The molecule has 0 aliphatic rings. The van der Waals surface area contributed by atoms with E-state index in [-0.39, 0.29) is 27.9 Å². The molecule has 0 radical (unpaired) electrons. The third-order valence-corrected chi connectivity index (χ3v) is 8.55. The minimum atomic E-state index is -3.69. The highest BCUT2D eigenvalue weighted by molar-refractivity contribution is 7.89. The first-order valence-corrected chi connectivity index (χ1v) is 13.3. The number of carbonyl (C=O) groups is 1. The Kier molecular flexibility index (Phi) is 8.58. The summed E-state index contributed by atoms with van der Waals surface area (Å²) in [6.07, 6.45) is 0. The maximum Gasteiger partial charge on any atom is 0.251 e. The zero-order valence-electron chi connectivity index (χ0n) is 19.0. The molecule has 0 aliphatic heterocycles. The first kappa shape index (κ1) is 26.0. The van der Waals surface area contributed by atoms with Gasteiger partial charge < -0.3 is 5.32 Å².